The van der Waals surface area contributed by atoms with Gasteiger partial charge in [0, 0.05) is 49.6 Å². The fraction of sp³-hybridized carbons (Fsp3) is 0.556. The Morgan fingerprint density at radius 3 is 2.43 bits per heavy atom. The van der Waals surface area contributed by atoms with Gasteiger partial charge in [0.1, 0.15) is 18.2 Å². The Bertz CT molecular complexity index is 1840. The molecule has 1 atom stereocenters. The highest BCUT2D eigenvalue weighted by Crippen LogP contribution is 2.47. The van der Waals surface area contributed by atoms with Crippen molar-refractivity contribution in [3.8, 4) is 17.3 Å². The molecule has 12 nitrogen and oxygen atoms in total. The summed E-state index contributed by atoms with van der Waals surface area (Å²) in [7, 11) is -2.21. The Hall–Kier alpha value is -4.42. The molecule has 1 fully saturated rings. The second-order valence-corrected chi connectivity index (χ2v) is 20.9. The fourth-order valence-electron chi connectivity index (χ4n) is 5.96. The number of nitriles is 1. The summed E-state index contributed by atoms with van der Waals surface area (Å²) >= 11 is 0. The van der Waals surface area contributed by atoms with Gasteiger partial charge in [-0.3, -0.25) is 14.4 Å². The SMILES string of the molecule is CC(C)(C)OC(=O)N1C[C@](C)(CO[Si](C)(C)C(C)(C)C)c2cc(-c3ccnc(Nc4cn(CC(F)F)nc4C(=O)N4CCCC4)n3)cc(C#N)c21. The summed E-state index contributed by atoms with van der Waals surface area (Å²) in [5.74, 6) is -0.247. The van der Waals surface area contributed by atoms with Gasteiger partial charge in [-0.05, 0) is 75.5 Å². The van der Waals surface area contributed by atoms with Gasteiger partial charge in [-0.25, -0.2) is 23.5 Å². The van der Waals surface area contributed by atoms with Crippen molar-refractivity contribution in [2.75, 3.05) is 36.5 Å². The molecule has 274 valence electrons. The molecule has 2 amide bonds. The van der Waals surface area contributed by atoms with Gasteiger partial charge in [0.15, 0.2) is 14.0 Å². The lowest BCUT2D eigenvalue weighted by Crippen LogP contribution is -2.46. The maximum atomic E-state index is 13.6. The summed E-state index contributed by atoms with van der Waals surface area (Å²) in [6.07, 6.45) is 1.39. The van der Waals surface area contributed by atoms with Crippen LogP contribution in [0.5, 0.6) is 0 Å². The van der Waals surface area contributed by atoms with Crippen molar-refractivity contribution in [3.63, 3.8) is 0 Å². The van der Waals surface area contributed by atoms with E-state index in [1.54, 1.807) is 37.8 Å². The Morgan fingerprint density at radius 1 is 1.14 bits per heavy atom. The molecule has 3 aromatic rings. The van der Waals surface area contributed by atoms with Crippen LogP contribution >= 0.6 is 0 Å². The highest BCUT2D eigenvalue weighted by Gasteiger charge is 2.47. The first-order chi connectivity index (χ1) is 23.7. The Labute approximate surface area is 299 Å². The maximum absolute atomic E-state index is 13.6. The van der Waals surface area contributed by atoms with E-state index in [2.05, 4.69) is 55.3 Å². The molecule has 51 heavy (non-hydrogen) atoms. The van der Waals surface area contributed by atoms with Crippen LogP contribution in [0.25, 0.3) is 11.3 Å². The average molecular weight is 723 g/mol. The number of ether oxygens (including phenoxy) is 1. The van der Waals surface area contributed by atoms with Crippen molar-refractivity contribution < 1.29 is 27.5 Å². The van der Waals surface area contributed by atoms with E-state index in [-0.39, 0.29) is 40.4 Å². The molecule has 5 rings (SSSR count). The molecular weight excluding hydrogens is 675 g/mol. The van der Waals surface area contributed by atoms with Crippen molar-refractivity contribution in [2.24, 2.45) is 0 Å². The van der Waals surface area contributed by atoms with Gasteiger partial charge >= 0.3 is 6.09 Å². The molecule has 1 saturated heterocycles. The van der Waals surface area contributed by atoms with Gasteiger partial charge in [-0.15, -0.1) is 0 Å². The van der Waals surface area contributed by atoms with E-state index in [1.165, 1.54) is 17.3 Å². The van der Waals surface area contributed by atoms with Crippen molar-refractivity contribution in [3.05, 3.63) is 47.4 Å². The van der Waals surface area contributed by atoms with Crippen LogP contribution in [0.1, 0.15) is 82.9 Å². The third-order valence-corrected chi connectivity index (χ3v) is 14.2. The molecule has 0 aliphatic carbocycles. The Kier molecular flexibility index (Phi) is 10.3. The van der Waals surface area contributed by atoms with E-state index in [9.17, 15) is 23.6 Å². The number of likely N-dealkylation sites (tertiary alicyclic amines) is 1. The van der Waals surface area contributed by atoms with Crippen LogP contribution in [0.15, 0.2) is 30.6 Å². The zero-order chi connectivity index (χ0) is 37.5. The predicted octanol–water partition coefficient (Wildman–Crippen LogP) is 7.49. The van der Waals surface area contributed by atoms with Gasteiger partial charge in [0.25, 0.3) is 12.3 Å². The number of benzene rings is 1. The minimum absolute atomic E-state index is 0.00980. The minimum atomic E-state index is -2.66. The predicted molar refractivity (Wildman–Crippen MR) is 193 cm³/mol. The lowest BCUT2D eigenvalue weighted by Gasteiger charge is -2.39. The van der Waals surface area contributed by atoms with Crippen molar-refractivity contribution in [2.45, 2.75) is 103 Å². The number of carbonyl (C=O) groups is 2. The summed E-state index contributed by atoms with van der Waals surface area (Å²) in [6.45, 7) is 19.3. The highest BCUT2D eigenvalue weighted by atomic mass is 28.4. The standard InChI is InChI=1S/C36H48F2N8O4Si/c1-34(2,3)50-33(48)46-21-36(7,22-49-51(8,9)35(4,5)6)25-17-23(16-24(18-39)30(25)46)26-12-13-40-32(41-26)42-27-19-45(20-28(37)38)43-29(27)31(47)44-14-10-11-15-44/h12-13,16-17,19,28H,10-11,14-15,20-22H2,1-9H3,(H,40,41,42)/t36-/m1/s1. The van der Waals surface area contributed by atoms with Gasteiger partial charge < -0.3 is 19.4 Å². The van der Waals surface area contributed by atoms with Crippen LogP contribution in [0, 0.1) is 11.3 Å². The fourth-order valence-corrected chi connectivity index (χ4v) is 7.07. The molecule has 0 spiro atoms. The largest absolute Gasteiger partial charge is 0.443 e. The number of anilines is 3. The van der Waals surface area contributed by atoms with Gasteiger partial charge in [0.2, 0.25) is 5.95 Å². The van der Waals surface area contributed by atoms with E-state index in [0.29, 0.717) is 36.6 Å². The van der Waals surface area contributed by atoms with Gasteiger partial charge in [-0.2, -0.15) is 10.4 Å². The molecule has 0 radical (unpaired) electrons. The first-order valence-corrected chi connectivity index (χ1v) is 20.1. The lowest BCUT2D eigenvalue weighted by molar-refractivity contribution is 0.0574. The molecule has 0 unspecified atom stereocenters. The number of hydrogen-bond acceptors (Lipinski definition) is 9. The average Bonchev–Trinajstić information content (AvgIpc) is 3.77. The number of amides is 2. The van der Waals surface area contributed by atoms with E-state index >= 15 is 0 Å². The number of aromatic nitrogens is 4. The zero-order valence-corrected chi connectivity index (χ0v) is 31.9. The number of alkyl halides is 2. The van der Waals surface area contributed by atoms with Crippen LogP contribution in [0.3, 0.4) is 0 Å². The van der Waals surface area contributed by atoms with E-state index < -0.39 is 38.4 Å². The number of nitrogens with zero attached hydrogens (tertiary/aromatic N) is 7. The quantitative estimate of drug-likeness (QED) is 0.223. The second kappa shape index (κ2) is 13.9. The number of nitrogens with one attached hydrogen (secondary N) is 1. The number of carbonyl (C=O) groups excluding carboxylic acids is 2. The molecule has 1 aromatic carbocycles. The summed E-state index contributed by atoms with van der Waals surface area (Å²) in [6, 6.07) is 7.57. The number of halogens is 2. The molecular formula is C36H48F2N8O4Si. The molecule has 1 N–H and O–H groups in total. The molecule has 2 aliphatic rings. The number of hydrogen-bond donors (Lipinski definition) is 1. The number of fused-ring (bicyclic) bond motifs is 1. The molecule has 4 heterocycles. The van der Waals surface area contributed by atoms with Crippen molar-refractivity contribution in [1.82, 2.24) is 24.6 Å². The molecule has 0 saturated carbocycles. The molecule has 2 aromatic heterocycles. The van der Waals surface area contributed by atoms with Crippen molar-refractivity contribution in [1.29, 1.82) is 5.26 Å². The number of rotatable bonds is 9. The summed E-state index contributed by atoms with van der Waals surface area (Å²) in [5.41, 5.74) is 1.33. The monoisotopic (exact) mass is 722 g/mol. The van der Waals surface area contributed by atoms with E-state index in [1.807, 2.05) is 13.0 Å². The lowest BCUT2D eigenvalue weighted by atomic mass is 9.83. The van der Waals surface area contributed by atoms with Crippen LogP contribution in [0.4, 0.5) is 30.9 Å². The second-order valence-electron chi connectivity index (χ2n) is 16.1. The third kappa shape index (κ3) is 8.23. The molecule has 15 heteroatoms. The topological polar surface area (TPSA) is 138 Å². The minimum Gasteiger partial charge on any atom is -0.443 e. The summed E-state index contributed by atoms with van der Waals surface area (Å²) < 4.78 is 40.1. The molecule has 2 aliphatic heterocycles. The first-order valence-electron chi connectivity index (χ1n) is 17.2. The van der Waals surface area contributed by atoms with Gasteiger partial charge in [-0.1, -0.05) is 27.7 Å². The first kappa shape index (κ1) is 37.8. The van der Waals surface area contributed by atoms with Crippen LogP contribution < -0.4 is 10.2 Å². The van der Waals surface area contributed by atoms with Crippen LogP contribution in [-0.2, 0) is 21.1 Å². The summed E-state index contributed by atoms with van der Waals surface area (Å²) in [4.78, 5) is 39.1. The smallest absolute Gasteiger partial charge is 0.414 e. The van der Waals surface area contributed by atoms with E-state index in [4.69, 9.17) is 14.1 Å². The highest BCUT2D eigenvalue weighted by molar-refractivity contribution is 6.74. The Balaban J connectivity index is 1.54. The molecule has 0 bridgehead atoms. The van der Waals surface area contributed by atoms with Crippen LogP contribution in [0.2, 0.25) is 18.1 Å². The zero-order valence-electron chi connectivity index (χ0n) is 30.9. The van der Waals surface area contributed by atoms with E-state index in [0.717, 1.165) is 23.1 Å². The van der Waals surface area contributed by atoms with Crippen molar-refractivity contribution >= 4 is 37.6 Å². The normalized spacial score (nSPS) is 17.9. The maximum Gasteiger partial charge on any atom is 0.414 e. The third-order valence-electron chi connectivity index (χ3n) is 9.71. The Morgan fingerprint density at radius 2 is 1.82 bits per heavy atom. The summed E-state index contributed by atoms with van der Waals surface area (Å²) in [5, 5.41) is 17.6. The van der Waals surface area contributed by atoms with Gasteiger partial charge in [0.05, 0.1) is 22.6 Å². The van der Waals surface area contributed by atoms with Crippen LogP contribution in [-0.4, -0.2) is 83.2 Å².